The van der Waals surface area contributed by atoms with Crippen LogP contribution in [0, 0.1) is 0 Å². The fraction of sp³-hybridized carbons (Fsp3) is 0. The van der Waals surface area contributed by atoms with Crippen LogP contribution >= 0.6 is 0 Å². The Bertz CT molecular complexity index is 632. The maximum atomic E-state index is 9.58. The molecule has 0 aliphatic rings. The van der Waals surface area contributed by atoms with Crippen LogP contribution in [0.1, 0.15) is 0 Å². The Labute approximate surface area is 94.4 Å². The van der Waals surface area contributed by atoms with E-state index < -0.39 is 0 Å². The van der Waals surface area contributed by atoms with Gasteiger partial charge >= 0.3 is 0 Å². The number of aromatic hydroxyl groups is 1. The van der Waals surface area contributed by atoms with Gasteiger partial charge in [0.25, 0.3) is 5.89 Å². The summed E-state index contributed by atoms with van der Waals surface area (Å²) >= 11 is 0. The van der Waals surface area contributed by atoms with Crippen molar-refractivity contribution in [2.45, 2.75) is 0 Å². The van der Waals surface area contributed by atoms with Crippen LogP contribution in [0.25, 0.3) is 23.2 Å². The summed E-state index contributed by atoms with van der Waals surface area (Å²) < 4.78 is 4.98. The molecule has 0 bridgehead atoms. The molecule has 0 aromatic carbocycles. The predicted molar refractivity (Wildman–Crippen MR) is 54.6 cm³/mol. The molecule has 3 aromatic rings. The lowest BCUT2D eigenvalue weighted by molar-refractivity contribution is 0.423. The number of nitrogens with one attached hydrogen (secondary N) is 1. The molecular weight excluding hydrogens is 224 g/mol. The Morgan fingerprint density at radius 3 is 3.00 bits per heavy atom. The summed E-state index contributed by atoms with van der Waals surface area (Å²) in [4.78, 5) is 11.9. The number of hydrogen-bond donors (Lipinski definition) is 2. The largest absolute Gasteiger partial charge is 0.505 e. The van der Waals surface area contributed by atoms with Gasteiger partial charge in [-0.25, -0.2) is 9.97 Å². The molecule has 3 aromatic heterocycles. The summed E-state index contributed by atoms with van der Waals surface area (Å²) in [6.07, 6.45) is 2.86. The summed E-state index contributed by atoms with van der Waals surface area (Å²) in [6.45, 7) is 0. The van der Waals surface area contributed by atoms with E-state index in [1.54, 1.807) is 6.07 Å². The molecule has 0 aliphatic carbocycles. The summed E-state index contributed by atoms with van der Waals surface area (Å²) in [5.41, 5.74) is 0.228. The van der Waals surface area contributed by atoms with Crippen LogP contribution in [0.5, 0.6) is 5.75 Å². The standard InChI is InChI=1S/C9H6N6O2/c16-5-2-1-3-10-6(5)9-13-8(15-17-9)7-11-4-12-14-7/h1-4,16H,(H,11,12,14). The highest BCUT2D eigenvalue weighted by Gasteiger charge is 2.15. The fourth-order valence-corrected chi connectivity index (χ4v) is 1.29. The monoisotopic (exact) mass is 230 g/mol. The summed E-state index contributed by atoms with van der Waals surface area (Å²) in [5.74, 6) is 0.729. The second kappa shape index (κ2) is 3.67. The van der Waals surface area contributed by atoms with Gasteiger partial charge in [-0.15, -0.1) is 0 Å². The lowest BCUT2D eigenvalue weighted by atomic mass is 10.3. The third kappa shape index (κ3) is 1.61. The van der Waals surface area contributed by atoms with Gasteiger partial charge in [0.05, 0.1) is 0 Å². The average Bonchev–Trinajstić information content (AvgIpc) is 3.00. The van der Waals surface area contributed by atoms with Crippen molar-refractivity contribution in [2.24, 2.45) is 0 Å². The Kier molecular flexibility index (Phi) is 2.04. The maximum absolute atomic E-state index is 9.58. The molecule has 8 nitrogen and oxygen atoms in total. The molecule has 0 atom stereocenters. The van der Waals surface area contributed by atoms with Crippen molar-refractivity contribution in [1.82, 2.24) is 30.3 Å². The number of nitrogens with zero attached hydrogens (tertiary/aromatic N) is 5. The van der Waals surface area contributed by atoms with Gasteiger partial charge in [-0.2, -0.15) is 10.1 Å². The number of aromatic amines is 1. The van der Waals surface area contributed by atoms with E-state index in [9.17, 15) is 5.11 Å². The lowest BCUT2D eigenvalue weighted by Crippen LogP contribution is -1.85. The van der Waals surface area contributed by atoms with Crippen LogP contribution in [0.4, 0.5) is 0 Å². The first-order valence-electron chi connectivity index (χ1n) is 4.68. The highest BCUT2D eigenvalue weighted by atomic mass is 16.5. The van der Waals surface area contributed by atoms with E-state index in [0.29, 0.717) is 5.82 Å². The third-order valence-electron chi connectivity index (χ3n) is 2.04. The second-order valence-electron chi connectivity index (χ2n) is 3.13. The highest BCUT2D eigenvalue weighted by molar-refractivity contribution is 5.58. The number of pyridine rings is 1. The minimum atomic E-state index is -0.0275. The molecule has 0 fully saturated rings. The van der Waals surface area contributed by atoms with Crippen LogP contribution < -0.4 is 0 Å². The predicted octanol–water partition coefficient (Wildman–Crippen LogP) is 0.622. The first kappa shape index (κ1) is 9.46. The average molecular weight is 230 g/mol. The van der Waals surface area contributed by atoms with Gasteiger partial charge in [-0.3, -0.25) is 5.10 Å². The molecule has 3 rings (SSSR count). The minimum absolute atomic E-state index is 0.0275. The Balaban J connectivity index is 2.04. The molecular formula is C9H6N6O2. The molecule has 0 spiro atoms. The minimum Gasteiger partial charge on any atom is -0.505 e. The van der Waals surface area contributed by atoms with Gasteiger partial charge < -0.3 is 9.63 Å². The molecule has 3 heterocycles. The molecule has 0 radical (unpaired) electrons. The zero-order valence-electron chi connectivity index (χ0n) is 8.40. The Morgan fingerprint density at radius 1 is 1.29 bits per heavy atom. The SMILES string of the molecule is Oc1cccnc1-c1nc(-c2ncn[nH]2)no1. The van der Waals surface area contributed by atoms with Crippen LogP contribution in [0.15, 0.2) is 29.2 Å². The van der Waals surface area contributed by atoms with Crippen molar-refractivity contribution in [3.8, 4) is 29.0 Å². The molecule has 0 amide bonds. The van der Waals surface area contributed by atoms with Crippen LogP contribution in [0.3, 0.4) is 0 Å². The molecule has 0 saturated heterocycles. The van der Waals surface area contributed by atoms with Crippen LogP contribution in [-0.2, 0) is 0 Å². The van der Waals surface area contributed by atoms with Crippen LogP contribution in [0.2, 0.25) is 0 Å². The fourth-order valence-electron chi connectivity index (χ4n) is 1.29. The van der Waals surface area contributed by atoms with Crippen molar-refractivity contribution in [1.29, 1.82) is 0 Å². The first-order valence-corrected chi connectivity index (χ1v) is 4.68. The number of H-pyrrole nitrogens is 1. The maximum Gasteiger partial charge on any atom is 0.280 e. The Morgan fingerprint density at radius 2 is 2.24 bits per heavy atom. The summed E-state index contributed by atoms with van der Waals surface area (Å²) in [7, 11) is 0. The van der Waals surface area contributed by atoms with Crippen molar-refractivity contribution >= 4 is 0 Å². The van der Waals surface area contributed by atoms with Crippen molar-refractivity contribution in [3.63, 3.8) is 0 Å². The zero-order chi connectivity index (χ0) is 11.7. The van der Waals surface area contributed by atoms with Gasteiger partial charge in [0.1, 0.15) is 12.1 Å². The number of rotatable bonds is 2. The van der Waals surface area contributed by atoms with E-state index in [2.05, 4.69) is 30.3 Å². The van der Waals surface area contributed by atoms with Gasteiger partial charge in [0, 0.05) is 6.20 Å². The van der Waals surface area contributed by atoms with E-state index in [1.807, 2.05) is 0 Å². The van der Waals surface area contributed by atoms with Crippen molar-refractivity contribution in [2.75, 3.05) is 0 Å². The molecule has 17 heavy (non-hydrogen) atoms. The van der Waals surface area contributed by atoms with Crippen LogP contribution in [-0.4, -0.2) is 35.4 Å². The van der Waals surface area contributed by atoms with Crippen molar-refractivity contribution in [3.05, 3.63) is 24.7 Å². The normalized spacial score (nSPS) is 10.6. The second-order valence-corrected chi connectivity index (χ2v) is 3.13. The van der Waals surface area contributed by atoms with E-state index in [4.69, 9.17) is 4.52 Å². The third-order valence-corrected chi connectivity index (χ3v) is 2.04. The Hall–Kier alpha value is -2.77. The van der Waals surface area contributed by atoms with E-state index in [1.165, 1.54) is 18.6 Å². The molecule has 8 heteroatoms. The summed E-state index contributed by atoms with van der Waals surface area (Å²) in [5, 5.41) is 19.6. The molecule has 84 valence electrons. The first-order chi connectivity index (χ1) is 8.34. The molecule has 2 N–H and O–H groups in total. The molecule has 0 unspecified atom stereocenters. The van der Waals surface area contributed by atoms with Gasteiger partial charge in [-0.05, 0) is 12.1 Å². The molecule has 0 saturated carbocycles. The molecule has 0 aliphatic heterocycles. The highest BCUT2D eigenvalue weighted by Crippen LogP contribution is 2.25. The van der Waals surface area contributed by atoms with Gasteiger partial charge in [-0.1, -0.05) is 5.16 Å². The van der Waals surface area contributed by atoms with Gasteiger partial charge in [0.2, 0.25) is 5.82 Å². The lowest BCUT2D eigenvalue weighted by Gasteiger charge is -1.95. The van der Waals surface area contributed by atoms with Gasteiger partial charge in [0.15, 0.2) is 11.5 Å². The van der Waals surface area contributed by atoms with E-state index >= 15 is 0 Å². The quantitative estimate of drug-likeness (QED) is 0.663. The smallest absolute Gasteiger partial charge is 0.280 e. The topological polar surface area (TPSA) is 114 Å². The van der Waals surface area contributed by atoms with E-state index in [0.717, 1.165) is 0 Å². The zero-order valence-corrected chi connectivity index (χ0v) is 8.40. The van der Waals surface area contributed by atoms with E-state index in [-0.39, 0.29) is 23.2 Å². The summed E-state index contributed by atoms with van der Waals surface area (Å²) in [6, 6.07) is 3.09. The number of aromatic nitrogens is 6. The number of hydrogen-bond acceptors (Lipinski definition) is 7. The van der Waals surface area contributed by atoms with Crippen molar-refractivity contribution < 1.29 is 9.63 Å².